The molecule has 0 radical (unpaired) electrons. The minimum absolute atomic E-state index is 0.544. The predicted molar refractivity (Wildman–Crippen MR) is 80.8 cm³/mol. The molecule has 1 fully saturated rings. The summed E-state index contributed by atoms with van der Waals surface area (Å²) in [5.41, 5.74) is 8.02. The first-order valence-electron chi connectivity index (χ1n) is 7.04. The molecular weight excluding hydrogens is 266 g/mol. The van der Waals surface area contributed by atoms with Gasteiger partial charge in [0.1, 0.15) is 11.6 Å². The maximum atomic E-state index is 5.88. The van der Waals surface area contributed by atoms with Gasteiger partial charge in [-0.2, -0.15) is 0 Å². The fraction of sp³-hybridized carbons (Fsp3) is 0.375. The quantitative estimate of drug-likeness (QED) is 0.914. The van der Waals surface area contributed by atoms with Crippen LogP contribution in [0.2, 0.25) is 0 Å². The average molecular weight is 285 g/mol. The second kappa shape index (κ2) is 5.60. The van der Waals surface area contributed by atoms with Gasteiger partial charge in [-0.3, -0.25) is 0 Å². The van der Waals surface area contributed by atoms with Gasteiger partial charge in [-0.05, 0) is 30.5 Å². The molecule has 1 saturated carbocycles. The smallest absolute Gasteiger partial charge is 0.161 e. The number of nitrogen functional groups attached to an aromatic ring is 1. The lowest BCUT2D eigenvalue weighted by atomic mass is 10.1. The minimum Gasteiger partial charge on any atom is -0.493 e. The van der Waals surface area contributed by atoms with Crippen molar-refractivity contribution in [3.63, 3.8) is 0 Å². The number of aromatic nitrogens is 2. The van der Waals surface area contributed by atoms with Gasteiger partial charge >= 0.3 is 0 Å². The molecule has 0 aliphatic heterocycles. The molecule has 2 N–H and O–H groups in total. The van der Waals surface area contributed by atoms with Gasteiger partial charge in [-0.25, -0.2) is 9.97 Å². The molecule has 1 heterocycles. The van der Waals surface area contributed by atoms with Gasteiger partial charge in [-0.15, -0.1) is 0 Å². The van der Waals surface area contributed by atoms with Gasteiger partial charge in [0.15, 0.2) is 11.5 Å². The first kappa shape index (κ1) is 13.7. The van der Waals surface area contributed by atoms with Crippen molar-refractivity contribution in [2.45, 2.75) is 25.2 Å². The van der Waals surface area contributed by atoms with E-state index in [1.165, 1.54) is 12.8 Å². The number of hydrogen-bond donors (Lipinski definition) is 1. The Kier molecular flexibility index (Phi) is 3.64. The molecule has 1 aliphatic carbocycles. The maximum absolute atomic E-state index is 5.88. The van der Waals surface area contributed by atoms with Crippen LogP contribution >= 0.6 is 0 Å². The van der Waals surface area contributed by atoms with Crippen LogP contribution < -0.4 is 15.2 Å². The van der Waals surface area contributed by atoms with Crippen molar-refractivity contribution in [1.82, 2.24) is 9.97 Å². The molecule has 2 aromatic rings. The highest BCUT2D eigenvalue weighted by Crippen LogP contribution is 2.39. The highest BCUT2D eigenvalue weighted by atomic mass is 16.5. The molecule has 5 nitrogen and oxygen atoms in total. The fourth-order valence-corrected chi connectivity index (χ4v) is 2.38. The zero-order chi connectivity index (χ0) is 14.8. The summed E-state index contributed by atoms with van der Waals surface area (Å²) in [7, 11) is 3.25. The third-order valence-corrected chi connectivity index (χ3v) is 3.62. The third-order valence-electron chi connectivity index (χ3n) is 3.62. The summed E-state index contributed by atoms with van der Waals surface area (Å²) in [5.74, 6) is 3.29. The van der Waals surface area contributed by atoms with Crippen LogP contribution in [0.3, 0.4) is 0 Å². The van der Waals surface area contributed by atoms with Crippen LogP contribution in [0.15, 0.2) is 24.3 Å². The molecule has 1 aliphatic rings. The Morgan fingerprint density at radius 3 is 2.52 bits per heavy atom. The Hall–Kier alpha value is -2.30. The summed E-state index contributed by atoms with van der Waals surface area (Å²) < 4.78 is 10.6. The van der Waals surface area contributed by atoms with Crippen molar-refractivity contribution in [2.24, 2.45) is 0 Å². The van der Waals surface area contributed by atoms with Gasteiger partial charge in [-0.1, -0.05) is 6.07 Å². The fourth-order valence-electron chi connectivity index (χ4n) is 2.38. The molecule has 110 valence electrons. The van der Waals surface area contributed by atoms with Crippen LogP contribution in [-0.2, 0) is 6.42 Å². The van der Waals surface area contributed by atoms with Gasteiger partial charge < -0.3 is 15.2 Å². The molecule has 0 amide bonds. The van der Waals surface area contributed by atoms with E-state index in [9.17, 15) is 0 Å². The summed E-state index contributed by atoms with van der Waals surface area (Å²) in [6.45, 7) is 0. The Morgan fingerprint density at radius 1 is 1.10 bits per heavy atom. The summed E-state index contributed by atoms with van der Waals surface area (Å²) in [4.78, 5) is 8.96. The molecule has 0 saturated heterocycles. The number of methoxy groups -OCH3 is 2. The number of nitrogens with two attached hydrogens (primary N) is 1. The number of benzene rings is 1. The Labute approximate surface area is 124 Å². The number of rotatable bonds is 5. The monoisotopic (exact) mass is 285 g/mol. The van der Waals surface area contributed by atoms with Crippen LogP contribution in [0.4, 0.5) is 5.82 Å². The SMILES string of the molecule is COc1ccc(Cc2nc(N)cc(C3CC3)n2)cc1OC. The molecule has 1 aromatic carbocycles. The van der Waals surface area contributed by atoms with E-state index in [2.05, 4.69) is 9.97 Å². The molecule has 1 aromatic heterocycles. The second-order valence-corrected chi connectivity index (χ2v) is 5.27. The van der Waals surface area contributed by atoms with E-state index in [-0.39, 0.29) is 0 Å². The topological polar surface area (TPSA) is 70.3 Å². The van der Waals surface area contributed by atoms with Gasteiger partial charge in [0, 0.05) is 24.1 Å². The standard InChI is InChI=1S/C16H19N3O2/c1-20-13-6-3-10(7-14(13)21-2)8-16-18-12(11-4-5-11)9-15(17)19-16/h3,6-7,9,11H,4-5,8H2,1-2H3,(H2,17,18,19). The average Bonchev–Trinajstić information content (AvgIpc) is 3.31. The van der Waals surface area contributed by atoms with E-state index < -0.39 is 0 Å². The van der Waals surface area contributed by atoms with Crippen LogP contribution in [0.25, 0.3) is 0 Å². The van der Waals surface area contributed by atoms with Crippen LogP contribution in [-0.4, -0.2) is 24.2 Å². The maximum Gasteiger partial charge on any atom is 0.161 e. The van der Waals surface area contributed by atoms with Crippen molar-refractivity contribution in [1.29, 1.82) is 0 Å². The Bertz CT molecular complexity index is 654. The molecule has 0 atom stereocenters. The van der Waals surface area contributed by atoms with Crippen LogP contribution in [0, 0.1) is 0 Å². The van der Waals surface area contributed by atoms with Crippen molar-refractivity contribution >= 4 is 5.82 Å². The normalized spacial score (nSPS) is 14.0. The predicted octanol–water partition coefficient (Wildman–Crippen LogP) is 2.54. The molecular formula is C16H19N3O2. The first-order chi connectivity index (χ1) is 10.2. The molecule has 21 heavy (non-hydrogen) atoms. The summed E-state index contributed by atoms with van der Waals surface area (Å²) in [5, 5.41) is 0. The van der Waals surface area contributed by atoms with Gasteiger partial charge in [0.25, 0.3) is 0 Å². The molecule has 0 bridgehead atoms. The largest absolute Gasteiger partial charge is 0.493 e. The lowest BCUT2D eigenvalue weighted by Crippen LogP contribution is -2.04. The van der Waals surface area contributed by atoms with E-state index >= 15 is 0 Å². The van der Waals surface area contributed by atoms with Crippen LogP contribution in [0.5, 0.6) is 11.5 Å². The van der Waals surface area contributed by atoms with E-state index in [1.807, 2.05) is 24.3 Å². The van der Waals surface area contributed by atoms with E-state index in [0.29, 0.717) is 29.7 Å². The number of nitrogens with zero attached hydrogens (tertiary/aromatic N) is 2. The van der Waals surface area contributed by atoms with Crippen molar-refractivity contribution in [3.8, 4) is 11.5 Å². The number of anilines is 1. The van der Waals surface area contributed by atoms with Gasteiger partial charge in [0.05, 0.1) is 14.2 Å². The zero-order valence-electron chi connectivity index (χ0n) is 12.3. The summed E-state index contributed by atoms with van der Waals surface area (Å²) in [6.07, 6.45) is 3.03. The second-order valence-electron chi connectivity index (χ2n) is 5.27. The van der Waals surface area contributed by atoms with Crippen molar-refractivity contribution < 1.29 is 9.47 Å². The Morgan fingerprint density at radius 2 is 1.86 bits per heavy atom. The summed E-state index contributed by atoms with van der Waals surface area (Å²) in [6, 6.07) is 7.71. The lowest BCUT2D eigenvalue weighted by Gasteiger charge is -2.10. The molecule has 0 spiro atoms. The minimum atomic E-state index is 0.544. The highest BCUT2D eigenvalue weighted by Gasteiger charge is 2.25. The Balaban J connectivity index is 1.86. The van der Waals surface area contributed by atoms with E-state index in [4.69, 9.17) is 15.2 Å². The molecule has 0 unspecified atom stereocenters. The van der Waals surface area contributed by atoms with E-state index in [0.717, 1.165) is 17.1 Å². The first-order valence-corrected chi connectivity index (χ1v) is 7.04. The van der Waals surface area contributed by atoms with Crippen molar-refractivity contribution in [2.75, 3.05) is 20.0 Å². The zero-order valence-corrected chi connectivity index (χ0v) is 12.3. The van der Waals surface area contributed by atoms with Crippen molar-refractivity contribution in [3.05, 3.63) is 41.3 Å². The highest BCUT2D eigenvalue weighted by molar-refractivity contribution is 5.44. The number of ether oxygens (including phenoxy) is 2. The number of hydrogen-bond acceptors (Lipinski definition) is 5. The molecule has 5 heteroatoms. The lowest BCUT2D eigenvalue weighted by molar-refractivity contribution is 0.354. The summed E-state index contributed by atoms with van der Waals surface area (Å²) >= 11 is 0. The van der Waals surface area contributed by atoms with E-state index in [1.54, 1.807) is 14.2 Å². The molecule has 3 rings (SSSR count). The van der Waals surface area contributed by atoms with Gasteiger partial charge in [0.2, 0.25) is 0 Å². The third kappa shape index (κ3) is 3.07. The van der Waals surface area contributed by atoms with Crippen LogP contribution in [0.1, 0.15) is 35.8 Å².